The van der Waals surface area contributed by atoms with Gasteiger partial charge < -0.3 is 9.47 Å². The molecule has 0 amide bonds. The molecule has 0 bridgehead atoms. The van der Waals surface area contributed by atoms with Crippen molar-refractivity contribution >= 4 is 11.8 Å². The fourth-order valence-corrected chi connectivity index (χ4v) is 2.29. The summed E-state index contributed by atoms with van der Waals surface area (Å²) in [4.78, 5) is 22.6. The van der Waals surface area contributed by atoms with E-state index < -0.39 is 0 Å². The number of ether oxygens (including phenoxy) is 2. The van der Waals surface area contributed by atoms with Crippen molar-refractivity contribution in [1.29, 1.82) is 0 Å². The maximum atomic E-state index is 11.5. The third-order valence-electron chi connectivity index (χ3n) is 3.28. The van der Waals surface area contributed by atoms with E-state index in [1.54, 1.807) is 6.92 Å². The van der Waals surface area contributed by atoms with Crippen LogP contribution in [-0.2, 0) is 19.1 Å². The van der Waals surface area contributed by atoms with E-state index >= 15 is 0 Å². The first-order valence-electron chi connectivity index (χ1n) is 6.90. The number of rotatable bonds is 7. The molecule has 0 saturated heterocycles. The minimum atomic E-state index is -0.308. The SMILES string of the molecule is CCOC(=O)CCC(=O)COC1CCCC(C)C1. The Morgan fingerprint density at radius 3 is 2.67 bits per heavy atom. The molecule has 0 heterocycles. The van der Waals surface area contributed by atoms with E-state index in [2.05, 4.69) is 6.92 Å². The Bertz CT molecular complexity index is 275. The van der Waals surface area contributed by atoms with Crippen LogP contribution in [0.2, 0.25) is 0 Å². The minimum absolute atomic E-state index is 0.0127. The normalized spacial score (nSPS) is 23.7. The van der Waals surface area contributed by atoms with Gasteiger partial charge >= 0.3 is 5.97 Å². The van der Waals surface area contributed by atoms with Gasteiger partial charge in [0.05, 0.1) is 19.1 Å². The lowest BCUT2D eigenvalue weighted by Crippen LogP contribution is -2.24. The summed E-state index contributed by atoms with van der Waals surface area (Å²) >= 11 is 0. The number of Topliss-reactive ketones (excluding diaryl/α,β-unsaturated/α-hetero) is 1. The molecule has 2 atom stereocenters. The summed E-state index contributed by atoms with van der Waals surface area (Å²) in [6.45, 7) is 4.48. The number of ketones is 1. The molecule has 0 spiro atoms. The maximum absolute atomic E-state index is 11.5. The Morgan fingerprint density at radius 2 is 2.00 bits per heavy atom. The van der Waals surface area contributed by atoms with E-state index in [1.165, 1.54) is 12.8 Å². The van der Waals surface area contributed by atoms with E-state index in [4.69, 9.17) is 9.47 Å². The molecule has 1 saturated carbocycles. The van der Waals surface area contributed by atoms with Crippen LogP contribution in [0.3, 0.4) is 0 Å². The van der Waals surface area contributed by atoms with E-state index in [1.807, 2.05) is 0 Å². The quantitative estimate of drug-likeness (QED) is 0.657. The third kappa shape index (κ3) is 6.15. The molecule has 0 radical (unpaired) electrons. The van der Waals surface area contributed by atoms with Gasteiger partial charge in [0.15, 0.2) is 5.78 Å². The van der Waals surface area contributed by atoms with E-state index in [0.29, 0.717) is 12.5 Å². The lowest BCUT2D eigenvalue weighted by atomic mass is 9.89. The molecule has 1 fully saturated rings. The molecule has 4 heteroatoms. The van der Waals surface area contributed by atoms with Crippen molar-refractivity contribution in [2.75, 3.05) is 13.2 Å². The standard InChI is InChI=1S/C14H24O4/c1-3-17-14(16)8-7-12(15)10-18-13-6-4-5-11(2)9-13/h11,13H,3-10H2,1-2H3. The summed E-state index contributed by atoms with van der Waals surface area (Å²) < 4.78 is 10.4. The van der Waals surface area contributed by atoms with Crippen LogP contribution in [0.15, 0.2) is 0 Å². The molecule has 18 heavy (non-hydrogen) atoms. The zero-order valence-electron chi connectivity index (χ0n) is 11.4. The highest BCUT2D eigenvalue weighted by atomic mass is 16.5. The van der Waals surface area contributed by atoms with Crippen LogP contribution in [0.1, 0.15) is 52.4 Å². The minimum Gasteiger partial charge on any atom is -0.466 e. The predicted octanol–water partition coefficient (Wildman–Crippen LogP) is 2.49. The average molecular weight is 256 g/mol. The van der Waals surface area contributed by atoms with Crippen molar-refractivity contribution in [2.45, 2.75) is 58.5 Å². The number of esters is 1. The van der Waals surface area contributed by atoms with Gasteiger partial charge in [-0.05, 0) is 25.7 Å². The van der Waals surface area contributed by atoms with Crippen molar-refractivity contribution in [3.8, 4) is 0 Å². The first kappa shape index (κ1) is 15.2. The van der Waals surface area contributed by atoms with Crippen molar-refractivity contribution in [1.82, 2.24) is 0 Å². The van der Waals surface area contributed by atoms with Crippen LogP contribution in [0.25, 0.3) is 0 Å². The Kier molecular flexibility index (Phi) is 6.94. The van der Waals surface area contributed by atoms with Gasteiger partial charge in [0.1, 0.15) is 6.61 Å². The molecule has 4 nitrogen and oxygen atoms in total. The molecular weight excluding hydrogens is 232 g/mol. The second kappa shape index (κ2) is 8.25. The first-order valence-corrected chi connectivity index (χ1v) is 6.90. The topological polar surface area (TPSA) is 52.6 Å². The molecule has 0 aliphatic heterocycles. The van der Waals surface area contributed by atoms with Crippen molar-refractivity contribution < 1.29 is 19.1 Å². The van der Waals surface area contributed by atoms with Crippen LogP contribution in [0.4, 0.5) is 0 Å². The Labute approximate surface area is 109 Å². The molecule has 0 N–H and O–H groups in total. The van der Waals surface area contributed by atoms with Gasteiger partial charge in [0.25, 0.3) is 0 Å². The highest BCUT2D eigenvalue weighted by Crippen LogP contribution is 2.25. The van der Waals surface area contributed by atoms with Gasteiger partial charge in [-0.25, -0.2) is 0 Å². The highest BCUT2D eigenvalue weighted by Gasteiger charge is 2.20. The van der Waals surface area contributed by atoms with Gasteiger partial charge in [0, 0.05) is 6.42 Å². The van der Waals surface area contributed by atoms with Gasteiger partial charge in [-0.15, -0.1) is 0 Å². The fraction of sp³-hybridized carbons (Fsp3) is 0.857. The highest BCUT2D eigenvalue weighted by molar-refractivity contribution is 5.83. The van der Waals surface area contributed by atoms with Crippen molar-refractivity contribution in [2.24, 2.45) is 5.92 Å². The largest absolute Gasteiger partial charge is 0.466 e. The van der Waals surface area contributed by atoms with Gasteiger partial charge in [0.2, 0.25) is 0 Å². The molecule has 2 unspecified atom stereocenters. The van der Waals surface area contributed by atoms with Crippen LogP contribution in [0.5, 0.6) is 0 Å². The molecule has 0 aromatic carbocycles. The molecule has 1 rings (SSSR count). The third-order valence-corrected chi connectivity index (χ3v) is 3.28. The lowest BCUT2D eigenvalue weighted by Gasteiger charge is -2.26. The maximum Gasteiger partial charge on any atom is 0.306 e. The molecular formula is C14H24O4. The number of hydrogen-bond donors (Lipinski definition) is 0. The zero-order chi connectivity index (χ0) is 13.4. The summed E-state index contributed by atoms with van der Waals surface area (Å²) in [6, 6.07) is 0. The number of carbonyl (C=O) groups excluding carboxylic acids is 2. The number of hydrogen-bond acceptors (Lipinski definition) is 4. The second-order valence-electron chi connectivity index (χ2n) is 5.05. The van der Waals surface area contributed by atoms with E-state index in [0.717, 1.165) is 12.8 Å². The molecule has 0 aromatic heterocycles. The molecule has 104 valence electrons. The average Bonchev–Trinajstić information content (AvgIpc) is 2.34. The van der Waals surface area contributed by atoms with Crippen LogP contribution in [-0.4, -0.2) is 31.1 Å². The van der Waals surface area contributed by atoms with Crippen molar-refractivity contribution in [3.05, 3.63) is 0 Å². The van der Waals surface area contributed by atoms with Crippen molar-refractivity contribution in [3.63, 3.8) is 0 Å². The Hall–Kier alpha value is -0.900. The first-order chi connectivity index (χ1) is 8.61. The summed E-state index contributed by atoms with van der Waals surface area (Å²) in [6.07, 6.45) is 5.15. The van der Waals surface area contributed by atoms with Crippen LogP contribution < -0.4 is 0 Å². The van der Waals surface area contributed by atoms with E-state index in [9.17, 15) is 9.59 Å². The van der Waals surface area contributed by atoms with Gasteiger partial charge in [-0.2, -0.15) is 0 Å². The lowest BCUT2D eigenvalue weighted by molar-refractivity contribution is -0.144. The Balaban J connectivity index is 2.11. The number of carbonyl (C=O) groups is 2. The van der Waals surface area contributed by atoms with Gasteiger partial charge in [-0.1, -0.05) is 19.8 Å². The molecule has 0 aromatic rings. The molecule has 1 aliphatic rings. The van der Waals surface area contributed by atoms with E-state index in [-0.39, 0.29) is 37.3 Å². The predicted molar refractivity (Wildman–Crippen MR) is 68.2 cm³/mol. The second-order valence-corrected chi connectivity index (χ2v) is 5.05. The fourth-order valence-electron chi connectivity index (χ4n) is 2.29. The summed E-state index contributed by atoms with van der Waals surface area (Å²) in [7, 11) is 0. The van der Waals surface area contributed by atoms with Crippen LogP contribution >= 0.6 is 0 Å². The Morgan fingerprint density at radius 1 is 1.22 bits per heavy atom. The molecule has 1 aliphatic carbocycles. The van der Waals surface area contributed by atoms with Gasteiger partial charge in [-0.3, -0.25) is 9.59 Å². The summed E-state index contributed by atoms with van der Waals surface area (Å²) in [5.74, 6) is 0.372. The van der Waals surface area contributed by atoms with Crippen LogP contribution in [0, 0.1) is 5.92 Å². The smallest absolute Gasteiger partial charge is 0.306 e. The summed E-state index contributed by atoms with van der Waals surface area (Å²) in [5.41, 5.74) is 0. The summed E-state index contributed by atoms with van der Waals surface area (Å²) in [5, 5.41) is 0. The monoisotopic (exact) mass is 256 g/mol. The zero-order valence-corrected chi connectivity index (χ0v) is 11.4.